The normalized spacial score (nSPS) is 14.9. The first-order valence-electron chi connectivity index (χ1n) is 10.5. The summed E-state index contributed by atoms with van der Waals surface area (Å²) in [5.41, 5.74) is 3.81. The topological polar surface area (TPSA) is 47.0 Å². The number of aryl methyl sites for hydroxylation is 1. The van der Waals surface area contributed by atoms with Gasteiger partial charge in [-0.2, -0.15) is 0 Å². The Hall–Kier alpha value is -1.87. The molecular weight excluding hydrogens is 487 g/mol. The summed E-state index contributed by atoms with van der Waals surface area (Å²) in [6.07, 6.45) is 3.04. The molecule has 1 aliphatic rings. The van der Waals surface area contributed by atoms with Crippen LogP contribution in [0.2, 0.25) is 0 Å². The van der Waals surface area contributed by atoms with Gasteiger partial charge in [0.15, 0.2) is 5.96 Å². The Morgan fingerprint density at radius 2 is 1.67 bits per heavy atom. The molecule has 30 heavy (non-hydrogen) atoms. The van der Waals surface area contributed by atoms with Crippen molar-refractivity contribution in [1.29, 1.82) is 0 Å². The summed E-state index contributed by atoms with van der Waals surface area (Å²) < 4.78 is 0. The summed E-state index contributed by atoms with van der Waals surface area (Å²) in [7, 11) is 6.06. The van der Waals surface area contributed by atoms with Gasteiger partial charge < -0.3 is 20.0 Å². The summed E-state index contributed by atoms with van der Waals surface area (Å²) in [5.74, 6) is 1.95. The third-order valence-electron chi connectivity index (χ3n) is 5.51. The maximum Gasteiger partial charge on any atom is 0.193 e. The van der Waals surface area contributed by atoms with Gasteiger partial charge in [0, 0.05) is 59.6 Å². The molecule has 1 aliphatic heterocycles. The van der Waals surface area contributed by atoms with Crippen LogP contribution in [0.1, 0.15) is 23.6 Å². The number of likely N-dealkylation sites (N-methyl/N-ethyl adjacent to an activating group) is 1. The van der Waals surface area contributed by atoms with Gasteiger partial charge in [-0.25, -0.2) is 4.98 Å². The molecular formula is C23H35IN6. The molecule has 7 heteroatoms. The lowest BCUT2D eigenvalue weighted by Gasteiger charge is -2.33. The number of rotatable bonds is 6. The summed E-state index contributed by atoms with van der Waals surface area (Å²) in [6, 6.07) is 13.1. The Morgan fingerprint density at radius 1 is 1.03 bits per heavy atom. The van der Waals surface area contributed by atoms with E-state index in [9.17, 15) is 0 Å². The molecule has 6 nitrogen and oxygen atoms in total. The summed E-state index contributed by atoms with van der Waals surface area (Å²) in [4.78, 5) is 16.0. The lowest BCUT2D eigenvalue weighted by atomic mass is 10.1. The van der Waals surface area contributed by atoms with Gasteiger partial charge in [0.05, 0.1) is 0 Å². The molecule has 1 saturated heterocycles. The van der Waals surface area contributed by atoms with Gasteiger partial charge in [0.2, 0.25) is 0 Å². The molecule has 0 unspecified atom stereocenters. The van der Waals surface area contributed by atoms with E-state index in [1.807, 2.05) is 13.2 Å². The zero-order valence-corrected chi connectivity index (χ0v) is 21.0. The van der Waals surface area contributed by atoms with Gasteiger partial charge in [-0.05, 0) is 36.2 Å². The van der Waals surface area contributed by atoms with Crippen molar-refractivity contribution in [3.8, 4) is 0 Å². The van der Waals surface area contributed by atoms with Crippen molar-refractivity contribution >= 4 is 35.8 Å². The van der Waals surface area contributed by atoms with Crippen molar-refractivity contribution in [1.82, 2.24) is 20.1 Å². The number of hydrogen-bond donors (Lipinski definition) is 1. The third kappa shape index (κ3) is 6.84. The number of anilines is 1. The summed E-state index contributed by atoms with van der Waals surface area (Å²) in [6.45, 7) is 7.98. The molecule has 0 radical (unpaired) electrons. The fraction of sp³-hybridized carbons (Fsp3) is 0.478. The van der Waals surface area contributed by atoms with E-state index in [0.29, 0.717) is 6.54 Å². The molecule has 1 fully saturated rings. The van der Waals surface area contributed by atoms with Gasteiger partial charge in [0.25, 0.3) is 0 Å². The highest BCUT2D eigenvalue weighted by Gasteiger charge is 2.15. The average molecular weight is 522 g/mol. The molecule has 1 aromatic carbocycles. The largest absolute Gasteiger partial charge is 0.354 e. The lowest BCUT2D eigenvalue weighted by Crippen LogP contribution is -2.44. The smallest absolute Gasteiger partial charge is 0.193 e. The minimum absolute atomic E-state index is 0. The molecule has 1 N–H and O–H groups in total. The van der Waals surface area contributed by atoms with Gasteiger partial charge in [-0.1, -0.05) is 37.3 Å². The Labute approximate surface area is 198 Å². The minimum Gasteiger partial charge on any atom is -0.354 e. The van der Waals surface area contributed by atoms with Crippen LogP contribution in [0, 0.1) is 0 Å². The number of nitrogens with one attached hydrogen (secondary N) is 1. The van der Waals surface area contributed by atoms with Crippen LogP contribution in [0.15, 0.2) is 47.6 Å². The Morgan fingerprint density at radius 3 is 2.23 bits per heavy atom. The predicted molar refractivity (Wildman–Crippen MR) is 137 cm³/mol. The van der Waals surface area contributed by atoms with E-state index in [1.54, 1.807) is 0 Å². The minimum atomic E-state index is 0. The number of aliphatic imine (C=N–C) groups is 1. The number of piperazine rings is 1. The molecule has 0 atom stereocenters. The highest BCUT2D eigenvalue weighted by Crippen LogP contribution is 2.14. The van der Waals surface area contributed by atoms with Crippen LogP contribution in [0.25, 0.3) is 0 Å². The van der Waals surface area contributed by atoms with Gasteiger partial charge in [-0.15, -0.1) is 24.0 Å². The Kier molecular flexibility index (Phi) is 9.84. The summed E-state index contributed by atoms with van der Waals surface area (Å²) >= 11 is 0. The first-order valence-corrected chi connectivity index (χ1v) is 10.5. The van der Waals surface area contributed by atoms with E-state index >= 15 is 0 Å². The van der Waals surface area contributed by atoms with E-state index in [0.717, 1.165) is 56.5 Å². The third-order valence-corrected chi connectivity index (χ3v) is 5.51. The monoisotopic (exact) mass is 522 g/mol. The van der Waals surface area contributed by atoms with Gasteiger partial charge in [0.1, 0.15) is 5.82 Å². The maximum atomic E-state index is 4.67. The quantitative estimate of drug-likeness (QED) is 0.359. The number of benzene rings is 1. The van der Waals surface area contributed by atoms with E-state index < -0.39 is 0 Å². The first-order chi connectivity index (χ1) is 14.1. The van der Waals surface area contributed by atoms with Crippen LogP contribution in [-0.2, 0) is 19.5 Å². The van der Waals surface area contributed by atoms with Crippen molar-refractivity contribution < 1.29 is 0 Å². The van der Waals surface area contributed by atoms with Crippen LogP contribution in [0.4, 0.5) is 5.82 Å². The molecule has 2 heterocycles. The number of halogens is 1. The van der Waals surface area contributed by atoms with E-state index in [2.05, 4.69) is 87.4 Å². The van der Waals surface area contributed by atoms with Crippen molar-refractivity contribution in [2.24, 2.45) is 4.99 Å². The average Bonchev–Trinajstić information content (AvgIpc) is 2.76. The molecule has 1 aromatic heterocycles. The molecule has 2 aromatic rings. The predicted octanol–water partition coefficient (Wildman–Crippen LogP) is 3.22. The van der Waals surface area contributed by atoms with Crippen LogP contribution < -0.4 is 10.2 Å². The molecule has 0 spiro atoms. The van der Waals surface area contributed by atoms with Crippen molar-refractivity contribution in [2.75, 3.05) is 52.2 Å². The SMILES string of the molecule is CCc1ccc(CN(C)C(=NC)NCc2ccc(N3CCN(C)CC3)nc2)cc1.I. The second kappa shape index (κ2) is 12.1. The van der Waals surface area contributed by atoms with E-state index in [1.165, 1.54) is 11.1 Å². The number of hydrogen-bond acceptors (Lipinski definition) is 4. The van der Waals surface area contributed by atoms with Crippen LogP contribution in [0.5, 0.6) is 0 Å². The van der Waals surface area contributed by atoms with Crippen LogP contribution in [0.3, 0.4) is 0 Å². The fourth-order valence-electron chi connectivity index (χ4n) is 3.54. The zero-order valence-electron chi connectivity index (χ0n) is 18.6. The first kappa shape index (κ1) is 24.4. The standard InChI is InChI=1S/C23H34N6.HI/c1-5-19-6-8-20(9-7-19)18-28(4)23(24-2)26-17-21-10-11-22(25-16-21)29-14-12-27(3)13-15-29;/h6-11,16H,5,12-15,17-18H2,1-4H3,(H,24,26);1H. The Balaban J connectivity index is 0.00000320. The van der Waals surface area contributed by atoms with E-state index in [4.69, 9.17) is 0 Å². The molecule has 0 bridgehead atoms. The van der Waals surface area contributed by atoms with Crippen molar-refractivity contribution in [3.63, 3.8) is 0 Å². The molecule has 0 amide bonds. The molecule has 0 saturated carbocycles. The van der Waals surface area contributed by atoms with E-state index in [-0.39, 0.29) is 24.0 Å². The summed E-state index contributed by atoms with van der Waals surface area (Å²) in [5, 5.41) is 3.45. The zero-order chi connectivity index (χ0) is 20.6. The molecule has 3 rings (SSSR count). The molecule has 0 aliphatic carbocycles. The number of guanidine groups is 1. The Bertz CT molecular complexity index is 782. The number of aromatic nitrogens is 1. The molecule has 164 valence electrons. The van der Waals surface area contributed by atoms with Crippen molar-refractivity contribution in [3.05, 3.63) is 59.3 Å². The fourth-order valence-corrected chi connectivity index (χ4v) is 3.54. The second-order valence-electron chi connectivity index (χ2n) is 7.74. The van der Waals surface area contributed by atoms with Crippen LogP contribution >= 0.6 is 24.0 Å². The van der Waals surface area contributed by atoms with Gasteiger partial charge >= 0.3 is 0 Å². The van der Waals surface area contributed by atoms with Gasteiger partial charge in [-0.3, -0.25) is 4.99 Å². The number of nitrogens with zero attached hydrogens (tertiary/aromatic N) is 5. The highest BCUT2D eigenvalue weighted by molar-refractivity contribution is 14.0. The second-order valence-corrected chi connectivity index (χ2v) is 7.74. The van der Waals surface area contributed by atoms with Crippen molar-refractivity contribution in [2.45, 2.75) is 26.4 Å². The maximum absolute atomic E-state index is 4.67. The highest BCUT2D eigenvalue weighted by atomic mass is 127. The van der Waals surface area contributed by atoms with Crippen LogP contribution in [-0.4, -0.2) is 68.1 Å². The lowest BCUT2D eigenvalue weighted by molar-refractivity contribution is 0.312. The number of pyridine rings is 1.